The van der Waals surface area contributed by atoms with Gasteiger partial charge in [-0.3, -0.25) is 9.69 Å². The lowest BCUT2D eigenvalue weighted by atomic mass is 10.0. The number of nitrogens with zero attached hydrogens (tertiary/aromatic N) is 1. The molecule has 2 amide bonds. The number of nitrogens with one attached hydrogen (secondary N) is 1. The van der Waals surface area contributed by atoms with Crippen LogP contribution < -0.4 is 16.0 Å². The van der Waals surface area contributed by atoms with Gasteiger partial charge in [-0.2, -0.15) is 0 Å². The van der Waals surface area contributed by atoms with Crippen molar-refractivity contribution in [2.24, 2.45) is 5.73 Å². The standard InChI is InChI=1S/C20H23N3O3/c1-26-19(24)12-15-4-8-17(9-5-15)23-18(13-22-20(23)25)16-6-2-14(3-7-16)10-11-21/h2-9,18H,10-13,21H2,1H3,(H,22,25). The molecule has 1 fully saturated rings. The van der Waals surface area contributed by atoms with Crippen molar-refractivity contribution in [3.05, 3.63) is 65.2 Å². The molecule has 6 nitrogen and oxygen atoms in total. The summed E-state index contributed by atoms with van der Waals surface area (Å²) in [5.74, 6) is -0.285. The van der Waals surface area contributed by atoms with E-state index >= 15 is 0 Å². The van der Waals surface area contributed by atoms with E-state index in [-0.39, 0.29) is 24.5 Å². The molecule has 1 atom stereocenters. The monoisotopic (exact) mass is 353 g/mol. The number of anilines is 1. The van der Waals surface area contributed by atoms with Crippen LogP contribution in [0.3, 0.4) is 0 Å². The second-order valence-corrected chi connectivity index (χ2v) is 6.27. The van der Waals surface area contributed by atoms with Crippen LogP contribution in [0.5, 0.6) is 0 Å². The van der Waals surface area contributed by atoms with Gasteiger partial charge in [0.25, 0.3) is 0 Å². The molecule has 2 aromatic rings. The van der Waals surface area contributed by atoms with E-state index in [9.17, 15) is 9.59 Å². The Bertz CT molecular complexity index is 772. The highest BCUT2D eigenvalue weighted by Gasteiger charge is 2.33. The van der Waals surface area contributed by atoms with Crippen LogP contribution in [-0.4, -0.2) is 32.2 Å². The van der Waals surface area contributed by atoms with Gasteiger partial charge in [-0.15, -0.1) is 0 Å². The summed E-state index contributed by atoms with van der Waals surface area (Å²) in [6.45, 7) is 1.17. The minimum atomic E-state index is -0.285. The van der Waals surface area contributed by atoms with Crippen LogP contribution in [0.15, 0.2) is 48.5 Å². The Hall–Kier alpha value is -2.86. The summed E-state index contributed by atoms with van der Waals surface area (Å²) in [6.07, 6.45) is 1.06. The Morgan fingerprint density at radius 1 is 1.15 bits per heavy atom. The third-order valence-corrected chi connectivity index (χ3v) is 4.57. The quantitative estimate of drug-likeness (QED) is 0.780. The summed E-state index contributed by atoms with van der Waals surface area (Å²) in [5, 5.41) is 2.91. The Morgan fingerprint density at radius 2 is 1.81 bits per heavy atom. The smallest absolute Gasteiger partial charge is 0.322 e. The molecule has 1 aliphatic rings. The molecule has 0 bridgehead atoms. The molecule has 1 heterocycles. The molecule has 0 saturated carbocycles. The molecule has 1 aliphatic heterocycles. The van der Waals surface area contributed by atoms with Crippen molar-refractivity contribution in [1.82, 2.24) is 5.32 Å². The number of urea groups is 1. The highest BCUT2D eigenvalue weighted by Crippen LogP contribution is 2.31. The van der Waals surface area contributed by atoms with Crippen LogP contribution >= 0.6 is 0 Å². The van der Waals surface area contributed by atoms with E-state index in [1.165, 1.54) is 12.7 Å². The number of hydrogen-bond acceptors (Lipinski definition) is 4. The van der Waals surface area contributed by atoms with Gasteiger partial charge in [0.05, 0.1) is 19.6 Å². The van der Waals surface area contributed by atoms with E-state index in [2.05, 4.69) is 34.3 Å². The van der Waals surface area contributed by atoms with E-state index in [0.29, 0.717) is 13.1 Å². The lowest BCUT2D eigenvalue weighted by Gasteiger charge is -2.24. The molecule has 1 unspecified atom stereocenters. The lowest BCUT2D eigenvalue weighted by molar-refractivity contribution is -0.139. The summed E-state index contributed by atoms with van der Waals surface area (Å²) >= 11 is 0. The Kier molecular flexibility index (Phi) is 5.53. The molecule has 0 radical (unpaired) electrons. The first-order valence-electron chi connectivity index (χ1n) is 8.64. The Balaban J connectivity index is 1.80. The molecule has 0 spiro atoms. The number of carbonyl (C=O) groups is 2. The number of nitrogens with two attached hydrogens (primary N) is 1. The largest absolute Gasteiger partial charge is 0.469 e. The molecule has 3 N–H and O–H groups in total. The third kappa shape index (κ3) is 3.86. The zero-order valence-corrected chi connectivity index (χ0v) is 14.8. The average molecular weight is 353 g/mol. The minimum Gasteiger partial charge on any atom is -0.469 e. The zero-order chi connectivity index (χ0) is 18.5. The van der Waals surface area contributed by atoms with Gasteiger partial charge in [0.15, 0.2) is 0 Å². The van der Waals surface area contributed by atoms with Crippen molar-refractivity contribution in [3.8, 4) is 0 Å². The molecule has 26 heavy (non-hydrogen) atoms. The predicted octanol–water partition coefficient (Wildman–Crippen LogP) is 2.17. The summed E-state index contributed by atoms with van der Waals surface area (Å²) in [7, 11) is 1.37. The number of methoxy groups -OCH3 is 1. The Labute approximate surface area is 152 Å². The van der Waals surface area contributed by atoms with Crippen molar-refractivity contribution < 1.29 is 14.3 Å². The average Bonchev–Trinajstić information content (AvgIpc) is 3.05. The molecule has 1 saturated heterocycles. The second kappa shape index (κ2) is 8.01. The van der Waals surface area contributed by atoms with E-state index in [4.69, 9.17) is 5.73 Å². The maximum absolute atomic E-state index is 12.4. The van der Waals surface area contributed by atoms with E-state index in [1.807, 2.05) is 24.3 Å². The van der Waals surface area contributed by atoms with Crippen LogP contribution in [0.25, 0.3) is 0 Å². The zero-order valence-electron chi connectivity index (χ0n) is 14.8. The van der Waals surface area contributed by atoms with Gasteiger partial charge in [0.1, 0.15) is 0 Å². The van der Waals surface area contributed by atoms with Crippen molar-refractivity contribution >= 4 is 17.7 Å². The Morgan fingerprint density at radius 3 is 2.42 bits per heavy atom. The van der Waals surface area contributed by atoms with Gasteiger partial charge in [-0.25, -0.2) is 4.79 Å². The molecule has 3 rings (SSSR count). The molecular formula is C20H23N3O3. The maximum Gasteiger partial charge on any atom is 0.322 e. The fraction of sp³-hybridized carbons (Fsp3) is 0.300. The first kappa shape index (κ1) is 17.9. The molecule has 0 aliphatic carbocycles. The number of benzene rings is 2. The SMILES string of the molecule is COC(=O)Cc1ccc(N2C(=O)NCC2c2ccc(CCN)cc2)cc1. The van der Waals surface area contributed by atoms with Crippen LogP contribution in [0.4, 0.5) is 10.5 Å². The van der Waals surface area contributed by atoms with E-state index in [1.54, 1.807) is 4.90 Å². The fourth-order valence-corrected chi connectivity index (χ4v) is 3.15. The lowest BCUT2D eigenvalue weighted by Crippen LogP contribution is -2.29. The number of hydrogen-bond donors (Lipinski definition) is 2. The van der Waals surface area contributed by atoms with E-state index in [0.717, 1.165) is 23.2 Å². The molecule has 136 valence electrons. The van der Waals surface area contributed by atoms with Crippen LogP contribution in [0.2, 0.25) is 0 Å². The highest BCUT2D eigenvalue weighted by molar-refractivity contribution is 5.95. The van der Waals surface area contributed by atoms with Gasteiger partial charge in [0.2, 0.25) is 0 Å². The number of carbonyl (C=O) groups excluding carboxylic acids is 2. The number of ether oxygens (including phenoxy) is 1. The van der Waals surface area contributed by atoms with Crippen LogP contribution in [0.1, 0.15) is 22.7 Å². The van der Waals surface area contributed by atoms with Crippen molar-refractivity contribution in [2.45, 2.75) is 18.9 Å². The van der Waals surface area contributed by atoms with Gasteiger partial charge in [-0.05, 0) is 41.8 Å². The highest BCUT2D eigenvalue weighted by atomic mass is 16.5. The van der Waals surface area contributed by atoms with Crippen molar-refractivity contribution in [2.75, 3.05) is 25.1 Å². The fourth-order valence-electron chi connectivity index (χ4n) is 3.15. The van der Waals surface area contributed by atoms with Crippen LogP contribution in [-0.2, 0) is 22.4 Å². The summed E-state index contributed by atoms with van der Waals surface area (Å²) in [6, 6.07) is 15.4. The molecular weight excluding hydrogens is 330 g/mol. The normalized spacial score (nSPS) is 16.5. The number of esters is 1. The van der Waals surface area contributed by atoms with Crippen molar-refractivity contribution in [3.63, 3.8) is 0 Å². The third-order valence-electron chi connectivity index (χ3n) is 4.57. The second-order valence-electron chi connectivity index (χ2n) is 6.27. The topological polar surface area (TPSA) is 84.7 Å². The molecule has 0 aromatic heterocycles. The van der Waals surface area contributed by atoms with Gasteiger partial charge < -0.3 is 15.8 Å². The number of amides is 2. The van der Waals surface area contributed by atoms with Crippen molar-refractivity contribution in [1.29, 1.82) is 0 Å². The summed E-state index contributed by atoms with van der Waals surface area (Å²) < 4.78 is 4.68. The predicted molar refractivity (Wildman–Crippen MR) is 100.0 cm³/mol. The number of rotatable bonds is 6. The molecule has 2 aromatic carbocycles. The van der Waals surface area contributed by atoms with E-state index < -0.39 is 0 Å². The first-order chi connectivity index (χ1) is 12.6. The first-order valence-corrected chi connectivity index (χ1v) is 8.64. The minimum absolute atomic E-state index is 0.0686. The van der Waals surface area contributed by atoms with Gasteiger partial charge >= 0.3 is 12.0 Å². The van der Waals surface area contributed by atoms with Gasteiger partial charge in [-0.1, -0.05) is 36.4 Å². The summed E-state index contributed by atoms with van der Waals surface area (Å²) in [5.41, 5.74) is 9.50. The maximum atomic E-state index is 12.4. The summed E-state index contributed by atoms with van der Waals surface area (Å²) in [4.78, 5) is 25.5. The molecule has 6 heteroatoms. The van der Waals surface area contributed by atoms with Gasteiger partial charge in [0, 0.05) is 12.2 Å². The van der Waals surface area contributed by atoms with Crippen LogP contribution in [0, 0.1) is 0 Å².